The van der Waals surface area contributed by atoms with E-state index in [9.17, 15) is 0 Å². The van der Waals surface area contributed by atoms with Gasteiger partial charge in [-0.25, -0.2) is 0 Å². The first-order chi connectivity index (χ1) is 5.95. The Morgan fingerprint density at radius 1 is 1.23 bits per heavy atom. The highest BCUT2D eigenvalue weighted by atomic mass is 14.9. The molecule has 1 heteroatoms. The molecule has 1 saturated carbocycles. The molecule has 1 nitrogen and oxygen atoms in total. The molecule has 1 aliphatic carbocycles. The Kier molecular flexibility index (Phi) is 3.39. The van der Waals surface area contributed by atoms with Crippen LogP contribution in [0.3, 0.4) is 0 Å². The third kappa shape index (κ3) is 2.70. The van der Waals surface area contributed by atoms with E-state index in [4.69, 9.17) is 0 Å². The van der Waals surface area contributed by atoms with Gasteiger partial charge in [-0.3, -0.25) is 0 Å². The van der Waals surface area contributed by atoms with Crippen LogP contribution in [0.15, 0.2) is 0 Å². The van der Waals surface area contributed by atoms with Gasteiger partial charge in [0, 0.05) is 6.04 Å². The second-order valence-electron chi connectivity index (χ2n) is 5.81. The lowest BCUT2D eigenvalue weighted by molar-refractivity contribution is 0.202. The third-order valence-electron chi connectivity index (χ3n) is 3.45. The molecule has 3 unspecified atom stereocenters. The summed E-state index contributed by atoms with van der Waals surface area (Å²) in [5, 5.41) is 3.50. The molecule has 0 saturated heterocycles. The van der Waals surface area contributed by atoms with E-state index in [1.165, 1.54) is 19.3 Å². The first-order valence-electron chi connectivity index (χ1n) is 5.62. The molecular formula is C12H25N. The molecule has 0 aromatic carbocycles. The van der Waals surface area contributed by atoms with Crippen molar-refractivity contribution < 1.29 is 0 Å². The van der Waals surface area contributed by atoms with Gasteiger partial charge in [0.1, 0.15) is 0 Å². The van der Waals surface area contributed by atoms with Crippen LogP contribution < -0.4 is 5.32 Å². The summed E-state index contributed by atoms with van der Waals surface area (Å²) in [5.41, 5.74) is 0.406. The monoisotopic (exact) mass is 183 g/mol. The fourth-order valence-corrected chi connectivity index (χ4v) is 2.93. The van der Waals surface area contributed by atoms with E-state index in [2.05, 4.69) is 40.1 Å². The predicted molar refractivity (Wildman–Crippen MR) is 58.8 cm³/mol. The van der Waals surface area contributed by atoms with Crippen molar-refractivity contribution in [3.63, 3.8) is 0 Å². The Bertz CT molecular complexity index is 157. The lowest BCUT2D eigenvalue weighted by atomic mass is 9.78. The molecule has 1 rings (SSSR count). The minimum Gasteiger partial charge on any atom is -0.316 e. The maximum Gasteiger partial charge on any atom is 0.0141 e. The Morgan fingerprint density at radius 2 is 1.85 bits per heavy atom. The van der Waals surface area contributed by atoms with Crippen molar-refractivity contribution in [3.8, 4) is 0 Å². The van der Waals surface area contributed by atoms with E-state index < -0.39 is 0 Å². The summed E-state index contributed by atoms with van der Waals surface area (Å²) in [7, 11) is 2.11. The summed E-state index contributed by atoms with van der Waals surface area (Å²) in [5.74, 6) is 1.85. The standard InChI is InChI=1S/C12H25N/c1-9-6-7-10(8-9)11(13-5)12(2,3)4/h9-11,13H,6-8H2,1-5H3. The average molecular weight is 183 g/mol. The van der Waals surface area contributed by atoms with Gasteiger partial charge in [0.05, 0.1) is 0 Å². The van der Waals surface area contributed by atoms with Gasteiger partial charge in [-0.05, 0) is 37.1 Å². The number of nitrogens with one attached hydrogen (secondary N) is 1. The molecule has 0 spiro atoms. The average Bonchev–Trinajstić information content (AvgIpc) is 2.34. The minimum absolute atomic E-state index is 0.406. The quantitative estimate of drug-likeness (QED) is 0.694. The molecule has 1 N–H and O–H groups in total. The highest BCUT2D eigenvalue weighted by Gasteiger charge is 2.34. The summed E-state index contributed by atoms with van der Waals surface area (Å²) in [6, 6.07) is 0.692. The zero-order chi connectivity index (χ0) is 10.1. The summed E-state index contributed by atoms with van der Waals surface area (Å²) in [4.78, 5) is 0. The van der Waals surface area contributed by atoms with E-state index in [1.807, 2.05) is 0 Å². The van der Waals surface area contributed by atoms with Gasteiger partial charge in [0.15, 0.2) is 0 Å². The zero-order valence-electron chi connectivity index (χ0n) is 9.85. The first-order valence-corrected chi connectivity index (χ1v) is 5.62. The Labute approximate surface area is 83.3 Å². The van der Waals surface area contributed by atoms with Crippen LogP contribution in [-0.2, 0) is 0 Å². The van der Waals surface area contributed by atoms with Crippen LogP contribution in [0, 0.1) is 17.3 Å². The van der Waals surface area contributed by atoms with E-state index >= 15 is 0 Å². The second kappa shape index (κ2) is 4.00. The van der Waals surface area contributed by atoms with Gasteiger partial charge in [-0.15, -0.1) is 0 Å². The molecule has 0 aromatic rings. The maximum absolute atomic E-state index is 3.50. The van der Waals surface area contributed by atoms with E-state index in [0.717, 1.165) is 11.8 Å². The number of rotatable bonds is 2. The summed E-state index contributed by atoms with van der Waals surface area (Å²) in [6.07, 6.45) is 4.27. The first kappa shape index (κ1) is 11.0. The van der Waals surface area contributed by atoms with Gasteiger partial charge in [-0.2, -0.15) is 0 Å². The van der Waals surface area contributed by atoms with Crippen molar-refractivity contribution in [1.29, 1.82) is 0 Å². The maximum atomic E-state index is 3.50. The third-order valence-corrected chi connectivity index (χ3v) is 3.45. The van der Waals surface area contributed by atoms with Gasteiger partial charge in [0.25, 0.3) is 0 Å². The molecule has 0 aliphatic heterocycles. The Hall–Kier alpha value is -0.0400. The van der Waals surface area contributed by atoms with Crippen molar-refractivity contribution in [1.82, 2.24) is 5.32 Å². The van der Waals surface area contributed by atoms with E-state index in [-0.39, 0.29) is 0 Å². The highest BCUT2D eigenvalue weighted by Crippen LogP contribution is 2.38. The van der Waals surface area contributed by atoms with Crippen molar-refractivity contribution >= 4 is 0 Å². The molecule has 0 aromatic heterocycles. The van der Waals surface area contributed by atoms with Crippen LogP contribution in [0.2, 0.25) is 0 Å². The molecule has 0 bridgehead atoms. The van der Waals surface area contributed by atoms with Gasteiger partial charge in [0.2, 0.25) is 0 Å². The number of hydrogen-bond acceptors (Lipinski definition) is 1. The molecular weight excluding hydrogens is 158 g/mol. The normalized spacial score (nSPS) is 32.1. The molecule has 1 aliphatic rings. The van der Waals surface area contributed by atoms with Crippen LogP contribution in [0.25, 0.3) is 0 Å². The van der Waals surface area contributed by atoms with Gasteiger partial charge in [-0.1, -0.05) is 34.1 Å². The van der Waals surface area contributed by atoms with Crippen molar-refractivity contribution in [3.05, 3.63) is 0 Å². The van der Waals surface area contributed by atoms with Crippen LogP contribution in [0.1, 0.15) is 47.0 Å². The molecule has 78 valence electrons. The lowest BCUT2D eigenvalue weighted by Gasteiger charge is -2.35. The van der Waals surface area contributed by atoms with Crippen LogP contribution in [0.4, 0.5) is 0 Å². The van der Waals surface area contributed by atoms with Crippen LogP contribution in [-0.4, -0.2) is 13.1 Å². The highest BCUT2D eigenvalue weighted by molar-refractivity contribution is 4.89. The van der Waals surface area contributed by atoms with Crippen LogP contribution >= 0.6 is 0 Å². The molecule has 0 heterocycles. The van der Waals surface area contributed by atoms with Crippen molar-refractivity contribution in [2.75, 3.05) is 7.05 Å². The van der Waals surface area contributed by atoms with Crippen LogP contribution in [0.5, 0.6) is 0 Å². The topological polar surface area (TPSA) is 12.0 Å². The van der Waals surface area contributed by atoms with Gasteiger partial charge < -0.3 is 5.32 Å². The van der Waals surface area contributed by atoms with E-state index in [1.54, 1.807) is 0 Å². The number of hydrogen-bond donors (Lipinski definition) is 1. The predicted octanol–water partition coefficient (Wildman–Crippen LogP) is 3.06. The Balaban J connectivity index is 2.57. The SMILES string of the molecule is CNC(C1CCC(C)C1)C(C)(C)C. The molecule has 3 atom stereocenters. The second-order valence-corrected chi connectivity index (χ2v) is 5.81. The molecule has 0 amide bonds. The lowest BCUT2D eigenvalue weighted by Crippen LogP contribution is -2.43. The fourth-order valence-electron chi connectivity index (χ4n) is 2.93. The largest absolute Gasteiger partial charge is 0.316 e. The van der Waals surface area contributed by atoms with Gasteiger partial charge >= 0.3 is 0 Å². The molecule has 0 radical (unpaired) electrons. The minimum atomic E-state index is 0.406. The van der Waals surface area contributed by atoms with E-state index in [0.29, 0.717) is 11.5 Å². The van der Waals surface area contributed by atoms with Crippen molar-refractivity contribution in [2.24, 2.45) is 17.3 Å². The molecule has 13 heavy (non-hydrogen) atoms. The fraction of sp³-hybridized carbons (Fsp3) is 1.00. The zero-order valence-corrected chi connectivity index (χ0v) is 9.85. The summed E-state index contributed by atoms with van der Waals surface area (Å²) in [6.45, 7) is 9.42. The molecule has 1 fully saturated rings. The Morgan fingerprint density at radius 3 is 2.15 bits per heavy atom. The smallest absolute Gasteiger partial charge is 0.0141 e. The summed E-state index contributed by atoms with van der Waals surface area (Å²) >= 11 is 0. The van der Waals surface area contributed by atoms with Crippen molar-refractivity contribution in [2.45, 2.75) is 53.0 Å². The summed E-state index contributed by atoms with van der Waals surface area (Å²) < 4.78 is 0.